The highest BCUT2D eigenvalue weighted by molar-refractivity contribution is 5.97. The summed E-state index contributed by atoms with van der Waals surface area (Å²) < 4.78 is 7.66. The van der Waals surface area contributed by atoms with Gasteiger partial charge in [-0.2, -0.15) is 4.90 Å². The fourth-order valence-corrected chi connectivity index (χ4v) is 4.16. The van der Waals surface area contributed by atoms with E-state index in [0.29, 0.717) is 6.54 Å². The maximum atomic E-state index is 11.9. The molecule has 0 unspecified atom stereocenters. The summed E-state index contributed by atoms with van der Waals surface area (Å²) in [6.07, 6.45) is 4.62. The van der Waals surface area contributed by atoms with Crippen LogP contribution in [0.15, 0.2) is 48.5 Å². The van der Waals surface area contributed by atoms with Crippen molar-refractivity contribution in [2.24, 2.45) is 0 Å². The van der Waals surface area contributed by atoms with E-state index in [0.717, 1.165) is 30.0 Å². The van der Waals surface area contributed by atoms with Crippen molar-refractivity contribution in [2.75, 3.05) is 25.1 Å². The van der Waals surface area contributed by atoms with Crippen LogP contribution >= 0.6 is 0 Å². The van der Waals surface area contributed by atoms with Gasteiger partial charge in [0.05, 0.1) is 13.7 Å². The minimum atomic E-state index is -1.06. The number of rotatable bonds is 3. The Bertz CT molecular complexity index is 811. The van der Waals surface area contributed by atoms with E-state index >= 15 is 0 Å². The Morgan fingerprint density at radius 3 is 2.42 bits per heavy atom. The van der Waals surface area contributed by atoms with Crippen molar-refractivity contribution in [3.63, 3.8) is 0 Å². The molecule has 2 aliphatic heterocycles. The molecular weight excluding hydrogens is 324 g/mol. The number of aryl methyl sites for hydroxylation is 1. The zero-order valence-electron chi connectivity index (χ0n) is 15.6. The predicted molar refractivity (Wildman–Crippen MR) is 104 cm³/mol. The van der Waals surface area contributed by atoms with Gasteiger partial charge >= 0.3 is 0 Å². The number of anilines is 1. The molecule has 0 saturated carbocycles. The van der Waals surface area contributed by atoms with Gasteiger partial charge in [-0.25, -0.2) is 0 Å². The first-order chi connectivity index (χ1) is 12.6. The topological polar surface area (TPSA) is 35.7 Å². The molecule has 4 rings (SSSR count). The van der Waals surface area contributed by atoms with Gasteiger partial charge in [0.1, 0.15) is 11.4 Å². The van der Waals surface area contributed by atoms with E-state index in [4.69, 9.17) is 4.74 Å². The number of hydrogen-bond donors (Lipinski definition) is 1. The van der Waals surface area contributed by atoms with Gasteiger partial charge in [0.2, 0.25) is 0 Å². The van der Waals surface area contributed by atoms with Gasteiger partial charge in [0, 0.05) is 12.0 Å². The van der Waals surface area contributed by atoms with E-state index in [9.17, 15) is 5.11 Å². The fraction of sp³-hybridized carbons (Fsp3) is 0.409. The number of hydrogen-bond acceptors (Lipinski definition) is 3. The molecule has 0 amide bonds. The van der Waals surface area contributed by atoms with Crippen LogP contribution in [0.5, 0.6) is 5.75 Å². The van der Waals surface area contributed by atoms with Crippen LogP contribution in [0, 0.1) is 6.92 Å². The Morgan fingerprint density at radius 2 is 1.73 bits per heavy atom. The molecule has 2 aromatic carbocycles. The number of amidine groups is 1. The SMILES string of the molecule is COc1ccc([C@]2(O)C[N+]3=C(CCCCC3)N2c2ccc(C)cc2)cc1. The molecule has 2 aliphatic rings. The lowest BCUT2D eigenvalue weighted by atomic mass is 9.99. The third kappa shape index (κ3) is 2.88. The van der Waals surface area contributed by atoms with Crippen LogP contribution in [0.3, 0.4) is 0 Å². The molecule has 4 heteroatoms. The van der Waals surface area contributed by atoms with Crippen LogP contribution < -0.4 is 9.64 Å². The van der Waals surface area contributed by atoms with Crippen molar-refractivity contribution in [2.45, 2.75) is 38.3 Å². The second kappa shape index (κ2) is 6.76. The van der Waals surface area contributed by atoms with Crippen LogP contribution in [0.2, 0.25) is 0 Å². The minimum Gasteiger partial charge on any atom is -0.497 e. The summed E-state index contributed by atoms with van der Waals surface area (Å²) in [7, 11) is 1.66. The standard InChI is InChI=1S/C22H27N2O2/c1-17-7-11-19(12-8-17)24-21-6-4-3-5-15-23(21)16-22(24,25)18-9-13-20(26-2)14-10-18/h7-14,25H,3-6,15-16H2,1-2H3/q+1/t22-/m1/s1. The highest BCUT2D eigenvalue weighted by Gasteiger charge is 2.53. The minimum absolute atomic E-state index is 0.600. The summed E-state index contributed by atoms with van der Waals surface area (Å²) >= 11 is 0. The average Bonchev–Trinajstić information content (AvgIpc) is 2.80. The summed E-state index contributed by atoms with van der Waals surface area (Å²) in [4.78, 5) is 2.15. The van der Waals surface area contributed by atoms with Crippen molar-refractivity contribution in [1.29, 1.82) is 0 Å². The van der Waals surface area contributed by atoms with Gasteiger partial charge in [-0.3, -0.25) is 4.58 Å². The van der Waals surface area contributed by atoms with Crippen LogP contribution in [-0.2, 0) is 5.72 Å². The van der Waals surface area contributed by atoms with E-state index < -0.39 is 5.72 Å². The second-order valence-corrected chi connectivity index (χ2v) is 7.36. The quantitative estimate of drug-likeness (QED) is 0.858. The van der Waals surface area contributed by atoms with Crippen molar-refractivity contribution < 1.29 is 14.4 Å². The number of benzene rings is 2. The third-order valence-corrected chi connectivity index (χ3v) is 5.58. The number of nitrogens with zero attached hydrogens (tertiary/aromatic N) is 2. The van der Waals surface area contributed by atoms with Crippen LogP contribution in [0.25, 0.3) is 0 Å². The summed E-state index contributed by atoms with van der Waals surface area (Å²) in [5, 5.41) is 11.9. The maximum Gasteiger partial charge on any atom is 0.275 e. The lowest BCUT2D eigenvalue weighted by Gasteiger charge is -2.29. The van der Waals surface area contributed by atoms with Crippen LogP contribution in [0.1, 0.15) is 36.8 Å². The smallest absolute Gasteiger partial charge is 0.275 e. The molecule has 1 atom stereocenters. The Labute approximate surface area is 155 Å². The highest BCUT2D eigenvalue weighted by Crippen LogP contribution is 2.38. The predicted octanol–water partition coefficient (Wildman–Crippen LogP) is 3.65. The Hall–Kier alpha value is -2.33. The molecule has 2 aromatic rings. The Kier molecular flexibility index (Phi) is 4.45. The molecule has 0 saturated heterocycles. The van der Waals surface area contributed by atoms with Gasteiger partial charge in [-0.15, -0.1) is 0 Å². The largest absolute Gasteiger partial charge is 0.497 e. The van der Waals surface area contributed by atoms with Gasteiger partial charge in [-0.1, -0.05) is 17.7 Å². The summed E-state index contributed by atoms with van der Waals surface area (Å²) in [6, 6.07) is 16.3. The molecule has 0 aliphatic carbocycles. The number of methoxy groups -OCH3 is 1. The van der Waals surface area contributed by atoms with E-state index in [1.165, 1.54) is 30.7 Å². The number of aliphatic hydroxyl groups is 1. The van der Waals surface area contributed by atoms with E-state index in [1.807, 2.05) is 24.3 Å². The highest BCUT2D eigenvalue weighted by atomic mass is 16.5. The molecule has 1 N–H and O–H groups in total. The van der Waals surface area contributed by atoms with Gasteiger partial charge in [-0.05, 0) is 62.6 Å². The molecule has 0 radical (unpaired) electrons. The van der Waals surface area contributed by atoms with Gasteiger partial charge in [0.25, 0.3) is 11.6 Å². The Balaban J connectivity index is 1.80. The van der Waals surface area contributed by atoms with Crippen molar-refractivity contribution >= 4 is 11.5 Å². The summed E-state index contributed by atoms with van der Waals surface area (Å²) in [5.74, 6) is 2.05. The molecule has 26 heavy (non-hydrogen) atoms. The first-order valence-corrected chi connectivity index (χ1v) is 9.46. The zero-order valence-corrected chi connectivity index (χ0v) is 15.6. The van der Waals surface area contributed by atoms with Crippen molar-refractivity contribution in [3.05, 3.63) is 59.7 Å². The molecule has 0 spiro atoms. The molecule has 4 nitrogen and oxygen atoms in total. The van der Waals surface area contributed by atoms with Crippen molar-refractivity contribution in [3.8, 4) is 5.75 Å². The maximum absolute atomic E-state index is 11.9. The molecule has 136 valence electrons. The lowest BCUT2D eigenvalue weighted by molar-refractivity contribution is -0.534. The molecule has 0 bridgehead atoms. The van der Waals surface area contributed by atoms with E-state index in [2.05, 4.69) is 40.7 Å². The van der Waals surface area contributed by atoms with E-state index in [1.54, 1.807) is 7.11 Å². The van der Waals surface area contributed by atoms with E-state index in [-0.39, 0.29) is 0 Å². The Morgan fingerprint density at radius 1 is 1.00 bits per heavy atom. The van der Waals surface area contributed by atoms with Gasteiger partial charge < -0.3 is 9.84 Å². The molecule has 0 fully saturated rings. The molecule has 2 heterocycles. The first-order valence-electron chi connectivity index (χ1n) is 9.46. The zero-order chi connectivity index (χ0) is 18.1. The van der Waals surface area contributed by atoms with Crippen molar-refractivity contribution in [1.82, 2.24) is 0 Å². The first kappa shape index (κ1) is 17.1. The monoisotopic (exact) mass is 351 g/mol. The fourth-order valence-electron chi connectivity index (χ4n) is 4.16. The summed E-state index contributed by atoms with van der Waals surface area (Å²) in [6.45, 7) is 3.70. The normalized spacial score (nSPS) is 23.0. The number of ether oxygens (including phenoxy) is 1. The van der Waals surface area contributed by atoms with Crippen LogP contribution in [0.4, 0.5) is 5.69 Å². The third-order valence-electron chi connectivity index (χ3n) is 5.58. The van der Waals surface area contributed by atoms with Crippen LogP contribution in [-0.4, -0.2) is 35.7 Å². The average molecular weight is 351 g/mol. The second-order valence-electron chi connectivity index (χ2n) is 7.36. The lowest BCUT2D eigenvalue weighted by Crippen LogP contribution is -2.47. The van der Waals surface area contributed by atoms with Gasteiger partial charge in [0.15, 0.2) is 6.54 Å². The summed E-state index contributed by atoms with van der Waals surface area (Å²) in [5.41, 5.74) is 2.12. The molecular formula is C22H27N2O2+. The molecule has 0 aromatic heterocycles.